The van der Waals surface area contributed by atoms with Crippen LogP contribution in [0.2, 0.25) is 0 Å². The van der Waals surface area contributed by atoms with Crippen molar-refractivity contribution in [1.82, 2.24) is 0 Å². The van der Waals surface area contributed by atoms with Crippen molar-refractivity contribution in [3.8, 4) is 0 Å². The molecule has 0 bridgehead atoms. The lowest BCUT2D eigenvalue weighted by molar-refractivity contribution is -0.120. The van der Waals surface area contributed by atoms with Gasteiger partial charge in [-0.1, -0.05) is 48.0 Å². The SMILES string of the molecule is C=C1CC[C@@H](Br)C(C)(C)[C@@]12CC=C(C)C(=O)C2. The highest BCUT2D eigenvalue weighted by molar-refractivity contribution is 9.09. The molecule has 0 amide bonds. The predicted molar refractivity (Wildman–Crippen MR) is 75.3 cm³/mol. The summed E-state index contributed by atoms with van der Waals surface area (Å²) in [6.07, 6.45) is 5.90. The van der Waals surface area contributed by atoms with Crippen LogP contribution in [0, 0.1) is 10.8 Å². The van der Waals surface area contributed by atoms with E-state index >= 15 is 0 Å². The largest absolute Gasteiger partial charge is 0.295 e. The Morgan fingerprint density at radius 1 is 1.47 bits per heavy atom. The first-order valence-electron chi connectivity index (χ1n) is 6.33. The molecule has 94 valence electrons. The number of carbonyl (C=O) groups is 1. The fourth-order valence-electron chi connectivity index (χ4n) is 3.34. The molecule has 0 aliphatic heterocycles. The van der Waals surface area contributed by atoms with Crippen molar-refractivity contribution >= 4 is 21.7 Å². The average molecular weight is 297 g/mol. The molecule has 2 atom stereocenters. The van der Waals surface area contributed by atoms with E-state index in [1.54, 1.807) is 0 Å². The quantitative estimate of drug-likeness (QED) is 0.478. The maximum atomic E-state index is 12.1. The minimum atomic E-state index is -0.0317. The van der Waals surface area contributed by atoms with Crippen LogP contribution in [0.25, 0.3) is 0 Å². The minimum absolute atomic E-state index is 0.0317. The summed E-state index contributed by atoms with van der Waals surface area (Å²) in [6, 6.07) is 0. The van der Waals surface area contributed by atoms with Crippen LogP contribution in [0.1, 0.15) is 46.5 Å². The van der Waals surface area contributed by atoms with Crippen molar-refractivity contribution in [3.63, 3.8) is 0 Å². The van der Waals surface area contributed by atoms with Crippen LogP contribution in [0.5, 0.6) is 0 Å². The Bertz CT molecular complexity index is 405. The smallest absolute Gasteiger partial charge is 0.159 e. The average Bonchev–Trinajstić information content (AvgIpc) is 2.27. The van der Waals surface area contributed by atoms with Crippen LogP contribution < -0.4 is 0 Å². The van der Waals surface area contributed by atoms with Gasteiger partial charge >= 0.3 is 0 Å². The fraction of sp³-hybridized carbons (Fsp3) is 0.667. The van der Waals surface area contributed by atoms with Gasteiger partial charge < -0.3 is 0 Å². The van der Waals surface area contributed by atoms with Gasteiger partial charge in [0.05, 0.1) is 0 Å². The van der Waals surface area contributed by atoms with Crippen LogP contribution in [0.3, 0.4) is 0 Å². The second-order valence-corrected chi connectivity index (χ2v) is 7.21. The molecule has 1 spiro atoms. The van der Waals surface area contributed by atoms with Gasteiger partial charge in [0.1, 0.15) is 0 Å². The van der Waals surface area contributed by atoms with E-state index in [0.29, 0.717) is 17.0 Å². The molecule has 1 saturated carbocycles. The van der Waals surface area contributed by atoms with Gasteiger partial charge in [0.15, 0.2) is 5.78 Å². The molecular weight excluding hydrogens is 276 g/mol. The fourth-order valence-corrected chi connectivity index (χ4v) is 4.01. The first-order chi connectivity index (χ1) is 7.81. The molecule has 17 heavy (non-hydrogen) atoms. The monoisotopic (exact) mass is 296 g/mol. The summed E-state index contributed by atoms with van der Waals surface area (Å²) < 4.78 is 0. The molecule has 0 saturated heterocycles. The molecule has 2 heteroatoms. The summed E-state index contributed by atoms with van der Waals surface area (Å²) in [5.74, 6) is 0.298. The maximum Gasteiger partial charge on any atom is 0.159 e. The van der Waals surface area contributed by atoms with Crippen LogP contribution >= 0.6 is 15.9 Å². The van der Waals surface area contributed by atoms with E-state index in [1.165, 1.54) is 5.57 Å². The molecule has 0 N–H and O–H groups in total. The van der Waals surface area contributed by atoms with Crippen molar-refractivity contribution < 1.29 is 4.79 Å². The summed E-state index contributed by atoms with van der Waals surface area (Å²) in [4.78, 5) is 12.6. The van der Waals surface area contributed by atoms with Crippen molar-refractivity contribution in [1.29, 1.82) is 0 Å². The third-order valence-electron chi connectivity index (χ3n) is 5.05. The third-order valence-corrected chi connectivity index (χ3v) is 6.65. The number of hydrogen-bond acceptors (Lipinski definition) is 1. The van der Waals surface area contributed by atoms with Crippen LogP contribution in [0.4, 0.5) is 0 Å². The van der Waals surface area contributed by atoms with Gasteiger partial charge in [-0.3, -0.25) is 4.79 Å². The van der Waals surface area contributed by atoms with Gasteiger partial charge in [-0.25, -0.2) is 0 Å². The molecular formula is C15H21BrO. The Labute approximate surface area is 112 Å². The van der Waals surface area contributed by atoms with E-state index in [0.717, 1.165) is 24.8 Å². The van der Waals surface area contributed by atoms with Gasteiger partial charge in [-0.2, -0.15) is 0 Å². The lowest BCUT2D eigenvalue weighted by atomic mass is 9.51. The Morgan fingerprint density at radius 3 is 2.71 bits per heavy atom. The van der Waals surface area contributed by atoms with Crippen molar-refractivity contribution in [3.05, 3.63) is 23.8 Å². The van der Waals surface area contributed by atoms with Crippen molar-refractivity contribution in [2.45, 2.75) is 51.3 Å². The van der Waals surface area contributed by atoms with Crippen molar-refractivity contribution in [2.24, 2.45) is 10.8 Å². The lowest BCUT2D eigenvalue weighted by Gasteiger charge is -2.55. The van der Waals surface area contributed by atoms with Gasteiger partial charge in [-0.15, -0.1) is 0 Å². The molecule has 2 rings (SSSR count). The van der Waals surface area contributed by atoms with E-state index in [9.17, 15) is 4.79 Å². The summed E-state index contributed by atoms with van der Waals surface area (Å²) in [7, 11) is 0. The van der Waals surface area contributed by atoms with Crippen LogP contribution in [-0.4, -0.2) is 10.6 Å². The molecule has 0 aromatic heterocycles. The Balaban J connectivity index is 2.47. The Hall–Kier alpha value is -0.370. The Kier molecular flexibility index (Phi) is 3.14. The zero-order valence-electron chi connectivity index (χ0n) is 11.0. The van der Waals surface area contributed by atoms with Gasteiger partial charge in [0.25, 0.3) is 0 Å². The zero-order chi connectivity index (χ0) is 12.8. The van der Waals surface area contributed by atoms with E-state index < -0.39 is 0 Å². The predicted octanol–water partition coefficient (Wildman–Crippen LogP) is 4.42. The van der Waals surface area contributed by atoms with Gasteiger partial charge in [0, 0.05) is 16.7 Å². The highest BCUT2D eigenvalue weighted by atomic mass is 79.9. The normalized spacial score (nSPS) is 37.2. The third kappa shape index (κ3) is 1.76. The summed E-state index contributed by atoms with van der Waals surface area (Å²) >= 11 is 3.81. The first kappa shape index (κ1) is 13.1. The van der Waals surface area contributed by atoms with Gasteiger partial charge in [-0.05, 0) is 37.2 Å². The van der Waals surface area contributed by atoms with E-state index in [4.69, 9.17) is 0 Å². The molecule has 0 aromatic carbocycles. The number of ketones is 1. The number of Topliss-reactive ketones (excluding diaryl/α,β-unsaturated/α-hetero) is 1. The number of halogens is 1. The van der Waals surface area contributed by atoms with Crippen LogP contribution in [-0.2, 0) is 4.79 Å². The molecule has 2 aliphatic rings. The molecule has 2 aliphatic carbocycles. The Morgan fingerprint density at radius 2 is 2.12 bits per heavy atom. The highest BCUT2D eigenvalue weighted by Gasteiger charge is 2.54. The number of alkyl halides is 1. The second kappa shape index (κ2) is 4.08. The van der Waals surface area contributed by atoms with Crippen LogP contribution in [0.15, 0.2) is 23.8 Å². The topological polar surface area (TPSA) is 17.1 Å². The highest BCUT2D eigenvalue weighted by Crippen LogP contribution is 2.60. The minimum Gasteiger partial charge on any atom is -0.295 e. The molecule has 1 fully saturated rings. The lowest BCUT2D eigenvalue weighted by Crippen LogP contribution is -2.50. The van der Waals surface area contributed by atoms with E-state index in [2.05, 4.69) is 42.4 Å². The molecule has 0 aromatic rings. The summed E-state index contributed by atoms with van der Waals surface area (Å²) in [5, 5.41) is 0. The standard InChI is InChI=1S/C15H21BrO/c1-10-7-8-15(9-12(10)17)11(2)5-6-13(16)14(15,3)4/h7,13H,2,5-6,8-9H2,1,3-4H3/t13-,15-/m1/s1. The molecule has 0 heterocycles. The number of carbonyl (C=O) groups excluding carboxylic acids is 1. The first-order valence-corrected chi connectivity index (χ1v) is 7.25. The molecule has 0 radical (unpaired) electrons. The number of allylic oxidation sites excluding steroid dienone is 3. The molecule has 1 nitrogen and oxygen atoms in total. The maximum absolute atomic E-state index is 12.1. The zero-order valence-corrected chi connectivity index (χ0v) is 12.6. The van der Waals surface area contributed by atoms with E-state index in [-0.39, 0.29) is 10.8 Å². The van der Waals surface area contributed by atoms with Crippen molar-refractivity contribution in [2.75, 3.05) is 0 Å². The second-order valence-electron chi connectivity index (χ2n) is 6.10. The van der Waals surface area contributed by atoms with Gasteiger partial charge in [0.2, 0.25) is 0 Å². The van der Waals surface area contributed by atoms with E-state index in [1.807, 2.05) is 6.92 Å². The molecule has 0 unspecified atom stereocenters. The number of rotatable bonds is 0. The summed E-state index contributed by atoms with van der Waals surface area (Å²) in [6.45, 7) is 10.8. The summed E-state index contributed by atoms with van der Waals surface area (Å²) in [5.41, 5.74) is 2.26. The number of hydrogen-bond donors (Lipinski definition) is 0.